The number of nitrogens with one attached hydrogen (secondary N) is 3. The molecule has 0 bridgehead atoms. The second kappa shape index (κ2) is 54.9. The van der Waals surface area contributed by atoms with Gasteiger partial charge in [-0.3, -0.25) is 51.7 Å². The van der Waals surface area contributed by atoms with E-state index in [1.54, 1.807) is 128 Å². The second-order valence-corrected chi connectivity index (χ2v) is 25.5. The van der Waals surface area contributed by atoms with Gasteiger partial charge >= 0.3 is 11.2 Å². The minimum absolute atomic E-state index is 0. The molecule has 3 amide bonds. The molecule has 1 aromatic heterocycles. The molecule has 13 N–H and O–H groups in total. The van der Waals surface area contributed by atoms with Gasteiger partial charge in [0.05, 0.1) is 12.7 Å². The fourth-order valence-corrected chi connectivity index (χ4v) is 6.35. The standard InChI is InChI=1S/C14H11BrN2O2.C14H9BrN2O.C8H7BrO2.C7H7BrN2O.C7H5ClO.C2H6O.BrHO11.Cl3OP.H4N2.H2O/c15-12-8-6-11(7-9-12)14(19)17-16-13(18)10-4-2-1-3-5-10;15-12-8-6-11(7-9-12)14-17-16-13(18-14)10-4-2-1-3-5-10;1-11-8(10)6-2-4-7(9)5-3-6;8-6-3-1-5(2-4-6)7(11)10-9;8-7(9)6-4-2-1-3-5-6;1-2-3;1-3-5-7-9-11-12-10-8-6-4-2;1-5(2,3)4;1-2;/h1-9H,(H,16,18)(H,17,19);1-9H;2-5H,1H3;1-4H,9H2,(H,10,11);1-5H;3H,2H2,1H3;2H;;1-2H2;1H2. The van der Waals surface area contributed by atoms with Crippen molar-refractivity contribution in [2.24, 2.45) is 17.5 Å². The van der Waals surface area contributed by atoms with Gasteiger partial charge in [-0.05, 0) is 219 Å². The normalized spacial score (nSPS) is 9.54. The Bertz CT molecular complexity index is 3190. The lowest BCUT2D eigenvalue weighted by Crippen LogP contribution is -2.41. The number of rotatable bonds is 16. The monoisotopic (exact) mass is 1690 g/mol. The predicted octanol–water partition coefficient (Wildman–Crippen LogP) is 13.0. The van der Waals surface area contributed by atoms with Crippen LogP contribution in [0.15, 0.2) is 210 Å². The van der Waals surface area contributed by atoms with E-state index in [1.165, 1.54) is 7.11 Å². The average Bonchev–Trinajstić information content (AvgIpc) is 1.97. The van der Waals surface area contributed by atoms with E-state index in [0.29, 0.717) is 39.6 Å². The number of carbonyl (C=O) groups is 5. The number of benzene rings is 7. The van der Waals surface area contributed by atoms with Gasteiger partial charge in [-0.1, -0.05) is 130 Å². The highest BCUT2D eigenvalue weighted by Crippen LogP contribution is 2.61. The van der Waals surface area contributed by atoms with Crippen molar-refractivity contribution in [3.63, 3.8) is 0 Å². The maximum absolute atomic E-state index is 11.8. The van der Waals surface area contributed by atoms with E-state index < -0.39 is 10.4 Å². The van der Waals surface area contributed by atoms with Crippen LogP contribution in [0.4, 0.5) is 0 Å². The average molecular weight is 1700 g/mol. The Hall–Kier alpha value is -5.62. The van der Waals surface area contributed by atoms with Gasteiger partial charge in [-0.2, -0.15) is 0 Å². The Balaban J connectivity index is 0. The number of esters is 1. The number of methoxy groups -OCH3 is 1. The first-order chi connectivity index (χ1) is 43.1. The van der Waals surface area contributed by atoms with Gasteiger partial charge in [0.25, 0.3) is 23.0 Å². The lowest BCUT2D eigenvalue weighted by Gasteiger charge is -2.07. The molecule has 494 valence electrons. The number of halogens is 9. The van der Waals surface area contributed by atoms with Crippen LogP contribution in [0.5, 0.6) is 0 Å². The number of carbonyl (C=O) groups excluding carboxylic acids is 5. The molecule has 8 aromatic rings. The van der Waals surface area contributed by atoms with Gasteiger partial charge in [0, 0.05) is 57.9 Å². The quantitative estimate of drug-likeness (QED) is 0.00651. The smallest absolute Gasteiger partial charge is 0.339 e. The lowest BCUT2D eigenvalue weighted by atomic mass is 10.2. The summed E-state index contributed by atoms with van der Waals surface area (Å²) in [5.41, 5.74) is 11.2. The first kappa shape index (κ1) is 87.4. The van der Waals surface area contributed by atoms with Crippen molar-refractivity contribution in [1.82, 2.24) is 26.5 Å². The van der Waals surface area contributed by atoms with Crippen molar-refractivity contribution in [3.8, 4) is 22.9 Å². The summed E-state index contributed by atoms with van der Waals surface area (Å²) in [5.74, 6) is 12.7. The summed E-state index contributed by atoms with van der Waals surface area (Å²) >= 11 is 34.5. The molecule has 91 heavy (non-hydrogen) atoms. The van der Waals surface area contributed by atoms with Crippen LogP contribution in [-0.4, -0.2) is 68.7 Å². The molecular formula is C52H52Br5Cl4N8O21P. The number of amides is 3. The van der Waals surface area contributed by atoms with Crippen molar-refractivity contribution < 1.29 is 103 Å². The molecule has 0 saturated heterocycles. The molecule has 39 heteroatoms. The number of hydrazine groups is 3. The van der Waals surface area contributed by atoms with Crippen LogP contribution in [-0.2, 0) is 58.6 Å². The van der Waals surface area contributed by atoms with Crippen LogP contribution in [0, 0.1) is 0 Å². The Kier molecular flexibility index (Phi) is 52.7. The maximum Gasteiger partial charge on any atom is 0.339 e. The summed E-state index contributed by atoms with van der Waals surface area (Å²) in [6, 6.07) is 55.7. The van der Waals surface area contributed by atoms with Crippen molar-refractivity contribution in [2.75, 3.05) is 13.7 Å². The summed E-state index contributed by atoms with van der Waals surface area (Å²) < 4.78 is 27.2. The van der Waals surface area contributed by atoms with Crippen molar-refractivity contribution in [3.05, 3.63) is 234 Å². The van der Waals surface area contributed by atoms with Gasteiger partial charge < -0.3 is 19.7 Å². The van der Waals surface area contributed by atoms with E-state index in [1.807, 2.05) is 72.2 Å². The molecule has 0 unspecified atom stereocenters. The molecule has 0 atom stereocenters. The number of aliphatic hydroxyl groups excluding tert-OH is 1. The lowest BCUT2D eigenvalue weighted by molar-refractivity contribution is -0.851. The first-order valence-corrected chi connectivity index (χ1v) is 32.2. The number of aliphatic hydroxyl groups is 1. The molecule has 0 aliphatic carbocycles. The number of nitrogens with zero attached hydrogens (tertiary/aromatic N) is 2. The Morgan fingerprint density at radius 3 is 1.14 bits per heavy atom. The van der Waals surface area contributed by atoms with E-state index in [4.69, 9.17) is 32.2 Å². The Morgan fingerprint density at radius 2 is 0.813 bits per heavy atom. The number of nitrogens with two attached hydrogens (primary N) is 3. The van der Waals surface area contributed by atoms with Gasteiger partial charge in [0.1, 0.15) is 16.3 Å². The van der Waals surface area contributed by atoms with Crippen LogP contribution in [0.25, 0.3) is 22.9 Å². The minimum atomic E-state index is -3.22. The third kappa shape index (κ3) is 44.5. The molecule has 0 saturated carbocycles. The molecule has 0 aliphatic heterocycles. The largest absolute Gasteiger partial charge is 0.465 e. The molecule has 8 rings (SSSR count). The summed E-state index contributed by atoms with van der Waals surface area (Å²) in [4.78, 5) is 55.6. The first-order valence-electron chi connectivity index (χ1n) is 23.6. The van der Waals surface area contributed by atoms with Crippen LogP contribution in [0.3, 0.4) is 0 Å². The van der Waals surface area contributed by atoms with Crippen LogP contribution in [0.2, 0.25) is 0 Å². The van der Waals surface area contributed by atoms with E-state index >= 15 is 0 Å². The van der Waals surface area contributed by atoms with Gasteiger partial charge in [-0.25, -0.2) is 15.9 Å². The van der Waals surface area contributed by atoms with Crippen LogP contribution in [0.1, 0.15) is 58.7 Å². The highest BCUT2D eigenvalue weighted by molar-refractivity contribution is 9.11. The second-order valence-electron chi connectivity index (χ2n) is 14.6. The van der Waals surface area contributed by atoms with E-state index in [-0.39, 0.29) is 35.8 Å². The predicted molar refractivity (Wildman–Crippen MR) is 349 cm³/mol. The molecule has 1 heterocycles. The van der Waals surface area contributed by atoms with E-state index in [0.717, 1.165) is 29.0 Å². The van der Waals surface area contributed by atoms with Crippen molar-refractivity contribution >= 4 is 159 Å². The molecule has 29 nitrogen and oxygen atoms in total. The molecule has 0 aliphatic rings. The summed E-state index contributed by atoms with van der Waals surface area (Å²) in [5, 5.41) is 49.8. The zero-order valence-electron chi connectivity index (χ0n) is 46.3. The number of aromatic nitrogens is 2. The summed E-state index contributed by atoms with van der Waals surface area (Å²) in [7, 11) is 1.37. The molecule has 0 fully saturated rings. The molecule has 0 spiro atoms. The SMILES string of the molecule is Brc1ccc(-c2nnc(-c3ccccc3)o2)cc1.CCO.COC(=O)c1ccc(Br)cc1.NN.NNC(=O)c1ccc(Br)cc1.O.O=C(Cl)c1ccccc1.O=C(NNC(=O)c1ccc(Br)cc1)c1ccccc1.O=P(Cl)(Cl)Cl.OOOOOOOOOOOBr. The number of hydrogen-bond donors (Lipinski definition) is 8. The van der Waals surface area contributed by atoms with E-state index in [2.05, 4.69) is 200 Å². The van der Waals surface area contributed by atoms with Crippen molar-refractivity contribution in [1.29, 1.82) is 0 Å². The topological polar surface area (TPSA) is 429 Å². The maximum atomic E-state index is 11.8. The van der Waals surface area contributed by atoms with Crippen molar-refractivity contribution in [2.45, 2.75) is 6.92 Å². The van der Waals surface area contributed by atoms with Gasteiger partial charge in [0.15, 0.2) is 0 Å². The third-order valence-electron chi connectivity index (χ3n) is 8.72. The molecule has 7 aromatic carbocycles. The number of ether oxygens (including phenoxy) is 1. The fourth-order valence-electron chi connectivity index (χ4n) is 5.13. The van der Waals surface area contributed by atoms with Crippen LogP contribution < -0.4 is 33.8 Å². The fraction of sp³-hybridized carbons (Fsp3) is 0.0577. The number of nitrogen functional groups attached to an aromatic ring is 1. The zero-order valence-corrected chi connectivity index (χ0v) is 58.2. The Labute approximate surface area is 579 Å². The zero-order chi connectivity index (χ0) is 67.5. The molecular weight excluding hydrogens is 1640 g/mol. The summed E-state index contributed by atoms with van der Waals surface area (Å²) in [6.45, 7) is 1.93. The third-order valence-corrected chi connectivity index (χ3v) is 11.2. The van der Waals surface area contributed by atoms with E-state index in [9.17, 15) is 28.5 Å². The Morgan fingerprint density at radius 1 is 0.516 bits per heavy atom. The minimum Gasteiger partial charge on any atom is -0.465 e. The highest BCUT2D eigenvalue weighted by atomic mass is 79.9. The van der Waals surface area contributed by atoms with Gasteiger partial charge in [-0.15, -0.1) is 14.2 Å². The van der Waals surface area contributed by atoms with Crippen LogP contribution >= 0.6 is 131 Å². The number of hydrogen-bond acceptors (Lipinski definition) is 25. The highest BCUT2D eigenvalue weighted by Gasteiger charge is 2.11. The molecule has 0 radical (unpaired) electrons. The summed E-state index contributed by atoms with van der Waals surface area (Å²) in [6.07, 6.45) is 0. The van der Waals surface area contributed by atoms with Gasteiger partial charge in [0.2, 0.25) is 11.8 Å².